The third-order valence-electron chi connectivity index (χ3n) is 4.60. The highest BCUT2D eigenvalue weighted by atomic mass is 32.1. The second kappa shape index (κ2) is 9.96. The van der Waals surface area contributed by atoms with Crippen LogP contribution in [-0.4, -0.2) is 34.7 Å². The van der Waals surface area contributed by atoms with Gasteiger partial charge in [-0.2, -0.15) is 0 Å². The molecular formula is C21H24N4O2S. The summed E-state index contributed by atoms with van der Waals surface area (Å²) in [6, 6.07) is 11.6. The van der Waals surface area contributed by atoms with Crippen LogP contribution in [0.1, 0.15) is 36.4 Å². The largest absolute Gasteiger partial charge is 0.497 e. The van der Waals surface area contributed by atoms with Crippen molar-refractivity contribution in [3.05, 3.63) is 66.0 Å². The molecule has 2 heterocycles. The maximum Gasteiger partial charge on any atom is 0.250 e. The van der Waals surface area contributed by atoms with Crippen molar-refractivity contribution in [2.24, 2.45) is 0 Å². The molecule has 6 nitrogen and oxygen atoms in total. The number of aromatic nitrogens is 1. The van der Waals surface area contributed by atoms with E-state index in [2.05, 4.69) is 26.8 Å². The fourth-order valence-electron chi connectivity index (χ4n) is 3.18. The van der Waals surface area contributed by atoms with Crippen molar-refractivity contribution in [1.29, 1.82) is 0 Å². The molecule has 2 N–H and O–H groups in total. The van der Waals surface area contributed by atoms with Gasteiger partial charge in [0.25, 0.3) is 0 Å². The molecule has 7 heteroatoms. The van der Waals surface area contributed by atoms with Gasteiger partial charge in [-0.15, -0.1) is 0 Å². The number of nitrogens with one attached hydrogen (secondary N) is 2. The summed E-state index contributed by atoms with van der Waals surface area (Å²) in [5, 5.41) is 5.08. The van der Waals surface area contributed by atoms with Crippen molar-refractivity contribution < 1.29 is 9.53 Å². The van der Waals surface area contributed by atoms with E-state index in [1.807, 2.05) is 36.5 Å². The Kier molecular flexibility index (Phi) is 7.11. The van der Waals surface area contributed by atoms with E-state index in [1.54, 1.807) is 19.4 Å². The van der Waals surface area contributed by atoms with E-state index >= 15 is 0 Å². The molecule has 0 unspecified atom stereocenters. The zero-order chi connectivity index (χ0) is 19.8. The first-order valence-electron chi connectivity index (χ1n) is 9.26. The van der Waals surface area contributed by atoms with Crippen molar-refractivity contribution in [2.75, 3.05) is 13.7 Å². The molecule has 1 aliphatic heterocycles. The van der Waals surface area contributed by atoms with E-state index in [0.29, 0.717) is 5.11 Å². The standard InChI is InChI=1S/C21H24N4O2S/c1-27-18-10-7-16(8-11-18)9-12-20(26)23-21(28)24-25-14-3-2-6-19(25)17-5-4-13-22-15-17/h4-5,7-13,15,19H,2-3,6,14H2,1H3,(H2,23,24,26,28)/b12-9+/t19-/m0/s1. The molecular weight excluding hydrogens is 372 g/mol. The zero-order valence-corrected chi connectivity index (χ0v) is 16.6. The molecule has 0 bridgehead atoms. The van der Waals surface area contributed by atoms with Crippen molar-refractivity contribution >= 4 is 29.3 Å². The zero-order valence-electron chi connectivity index (χ0n) is 15.8. The molecule has 146 valence electrons. The van der Waals surface area contributed by atoms with Crippen LogP contribution in [-0.2, 0) is 4.79 Å². The average Bonchev–Trinajstić information content (AvgIpc) is 2.73. The number of amides is 1. The Balaban J connectivity index is 1.54. The minimum absolute atomic E-state index is 0.187. The summed E-state index contributed by atoms with van der Waals surface area (Å²) in [6.45, 7) is 0.858. The number of ether oxygens (including phenoxy) is 1. The van der Waals surface area contributed by atoms with Crippen LogP contribution in [0.5, 0.6) is 5.75 Å². The van der Waals surface area contributed by atoms with E-state index in [0.717, 1.165) is 42.7 Å². The second-order valence-electron chi connectivity index (χ2n) is 6.53. The van der Waals surface area contributed by atoms with Crippen LogP contribution >= 0.6 is 12.2 Å². The van der Waals surface area contributed by atoms with Crippen LogP contribution in [0.25, 0.3) is 6.08 Å². The van der Waals surface area contributed by atoms with E-state index in [4.69, 9.17) is 17.0 Å². The van der Waals surface area contributed by atoms with E-state index < -0.39 is 0 Å². The molecule has 0 aliphatic carbocycles. The summed E-state index contributed by atoms with van der Waals surface area (Å²) in [5.74, 6) is 0.500. The SMILES string of the molecule is COc1ccc(/C=C/C(=O)NC(=S)NN2CCCC[C@H]2c2cccnc2)cc1. The molecule has 3 rings (SSSR count). The maximum absolute atomic E-state index is 12.2. The Morgan fingerprint density at radius 1 is 1.29 bits per heavy atom. The van der Waals surface area contributed by atoms with E-state index in [9.17, 15) is 4.79 Å². The number of hydrogen-bond acceptors (Lipinski definition) is 5. The lowest BCUT2D eigenvalue weighted by molar-refractivity contribution is -0.115. The van der Waals surface area contributed by atoms with Gasteiger partial charge >= 0.3 is 0 Å². The Morgan fingerprint density at radius 2 is 2.11 bits per heavy atom. The molecule has 1 fully saturated rings. The lowest BCUT2D eigenvalue weighted by atomic mass is 9.98. The van der Waals surface area contributed by atoms with Crippen LogP contribution < -0.4 is 15.5 Å². The Bertz CT molecular complexity index is 824. The quantitative estimate of drug-likeness (QED) is 0.598. The first-order chi connectivity index (χ1) is 13.7. The van der Waals surface area contributed by atoms with Crippen molar-refractivity contribution in [1.82, 2.24) is 20.7 Å². The molecule has 1 atom stereocenters. The molecule has 28 heavy (non-hydrogen) atoms. The summed E-state index contributed by atoms with van der Waals surface area (Å²) in [6.07, 6.45) is 10.1. The molecule has 1 amide bonds. The van der Waals surface area contributed by atoms with Crippen LogP contribution in [0.15, 0.2) is 54.9 Å². The number of benzene rings is 1. The Labute approximate surface area is 170 Å². The van der Waals surface area contributed by atoms with Gasteiger partial charge in [0, 0.05) is 25.0 Å². The maximum atomic E-state index is 12.2. The van der Waals surface area contributed by atoms with Crippen LogP contribution in [0.3, 0.4) is 0 Å². The molecule has 1 aliphatic rings. The van der Waals surface area contributed by atoms with Gasteiger partial charge in [-0.3, -0.25) is 20.5 Å². The van der Waals surface area contributed by atoms with E-state index in [-0.39, 0.29) is 11.9 Å². The van der Waals surface area contributed by atoms with Crippen molar-refractivity contribution in [3.63, 3.8) is 0 Å². The molecule has 1 aromatic carbocycles. The lowest BCUT2D eigenvalue weighted by Crippen LogP contribution is -2.51. The lowest BCUT2D eigenvalue weighted by Gasteiger charge is -2.36. The number of thiocarbonyl (C=S) groups is 1. The summed E-state index contributed by atoms with van der Waals surface area (Å²) in [4.78, 5) is 16.4. The van der Waals surface area contributed by atoms with Crippen LogP contribution in [0.4, 0.5) is 0 Å². The van der Waals surface area contributed by atoms with Crippen molar-refractivity contribution in [3.8, 4) is 5.75 Å². The molecule has 1 aromatic heterocycles. The summed E-state index contributed by atoms with van der Waals surface area (Å²) in [5.41, 5.74) is 5.21. The second-order valence-corrected chi connectivity index (χ2v) is 6.94. The summed E-state index contributed by atoms with van der Waals surface area (Å²) >= 11 is 5.33. The summed E-state index contributed by atoms with van der Waals surface area (Å²) in [7, 11) is 1.62. The van der Waals surface area contributed by atoms with Gasteiger partial charge in [-0.05, 0) is 60.5 Å². The van der Waals surface area contributed by atoms with Gasteiger partial charge in [0.15, 0.2) is 5.11 Å². The van der Waals surface area contributed by atoms with Crippen LogP contribution in [0.2, 0.25) is 0 Å². The number of piperidine rings is 1. The summed E-state index contributed by atoms with van der Waals surface area (Å²) < 4.78 is 5.12. The van der Waals surface area contributed by atoms with E-state index in [1.165, 1.54) is 6.08 Å². The van der Waals surface area contributed by atoms with Gasteiger partial charge < -0.3 is 4.74 Å². The molecule has 0 radical (unpaired) electrons. The number of nitrogens with zero attached hydrogens (tertiary/aromatic N) is 2. The highest BCUT2D eigenvalue weighted by molar-refractivity contribution is 7.80. The molecule has 1 saturated heterocycles. The third-order valence-corrected chi connectivity index (χ3v) is 4.79. The topological polar surface area (TPSA) is 66.5 Å². The van der Waals surface area contributed by atoms with Crippen LogP contribution in [0, 0.1) is 0 Å². The first-order valence-corrected chi connectivity index (χ1v) is 9.67. The fourth-order valence-corrected chi connectivity index (χ4v) is 3.40. The van der Waals surface area contributed by atoms with Gasteiger partial charge in [-0.25, -0.2) is 5.01 Å². The number of hydrogen-bond donors (Lipinski definition) is 2. The Hall–Kier alpha value is -2.77. The minimum atomic E-state index is -0.275. The molecule has 0 spiro atoms. The smallest absolute Gasteiger partial charge is 0.250 e. The predicted molar refractivity (Wildman–Crippen MR) is 113 cm³/mol. The predicted octanol–water partition coefficient (Wildman–Crippen LogP) is 3.24. The number of rotatable bonds is 5. The Morgan fingerprint density at radius 3 is 2.82 bits per heavy atom. The highest BCUT2D eigenvalue weighted by Crippen LogP contribution is 2.28. The normalized spacial score (nSPS) is 17.2. The van der Waals surface area contributed by atoms with Gasteiger partial charge in [0.05, 0.1) is 13.2 Å². The van der Waals surface area contributed by atoms with Gasteiger partial charge in [0.1, 0.15) is 5.75 Å². The monoisotopic (exact) mass is 396 g/mol. The van der Waals surface area contributed by atoms with Gasteiger partial charge in [0.2, 0.25) is 5.91 Å². The number of hydrazine groups is 1. The fraction of sp³-hybridized carbons (Fsp3) is 0.286. The van der Waals surface area contributed by atoms with Gasteiger partial charge in [-0.1, -0.05) is 24.6 Å². The van der Waals surface area contributed by atoms with Crippen molar-refractivity contribution in [2.45, 2.75) is 25.3 Å². The number of carbonyl (C=O) groups is 1. The number of pyridine rings is 1. The number of carbonyl (C=O) groups excluding carboxylic acids is 1. The highest BCUT2D eigenvalue weighted by Gasteiger charge is 2.24. The molecule has 0 saturated carbocycles. The minimum Gasteiger partial charge on any atom is -0.497 e. The number of methoxy groups -OCH3 is 1. The third kappa shape index (κ3) is 5.61. The molecule has 2 aromatic rings. The first kappa shape index (κ1) is 20.0. The average molecular weight is 397 g/mol.